The van der Waals surface area contributed by atoms with E-state index in [9.17, 15) is 0 Å². The van der Waals surface area contributed by atoms with Crippen molar-refractivity contribution in [2.75, 3.05) is 79.3 Å². The molecule has 55 heavy (non-hydrogen) atoms. The van der Waals surface area contributed by atoms with Crippen molar-refractivity contribution < 1.29 is 28.4 Å². The van der Waals surface area contributed by atoms with Crippen LogP contribution < -0.4 is 0 Å². The van der Waals surface area contributed by atoms with Crippen molar-refractivity contribution in [1.82, 2.24) is 0 Å². The van der Waals surface area contributed by atoms with E-state index in [2.05, 4.69) is 116 Å². The second-order valence-electron chi connectivity index (χ2n) is 15.9. The molecule has 0 aromatic heterocycles. The Labute approximate surface area is 337 Å². The van der Waals surface area contributed by atoms with Crippen LogP contribution in [0.1, 0.15) is 131 Å². The highest BCUT2D eigenvalue weighted by atomic mass is 16.5. The molecule has 0 heterocycles. The van der Waals surface area contributed by atoms with Gasteiger partial charge in [-0.15, -0.1) is 0 Å². The fraction of sp³-hybridized carbons (Fsp3) is 0.633. The highest BCUT2D eigenvalue weighted by Gasteiger charge is 2.43. The van der Waals surface area contributed by atoms with Crippen molar-refractivity contribution in [3.05, 3.63) is 82.9 Å². The number of hydrogen-bond donors (Lipinski definition) is 0. The fourth-order valence-corrected chi connectivity index (χ4v) is 6.83. The van der Waals surface area contributed by atoms with Crippen molar-refractivity contribution in [2.24, 2.45) is 0 Å². The maximum Gasteiger partial charge on any atom is 0.0701 e. The largest absolute Gasteiger partial charge is 0.379 e. The lowest BCUT2D eigenvalue weighted by atomic mass is 9.71. The molecule has 4 rings (SSSR count). The number of fused-ring (bicyclic) bond motifs is 3. The van der Waals surface area contributed by atoms with Crippen LogP contribution >= 0.6 is 0 Å². The summed E-state index contributed by atoms with van der Waals surface area (Å²) >= 11 is 0. The van der Waals surface area contributed by atoms with E-state index in [0.717, 1.165) is 38.9 Å². The smallest absolute Gasteiger partial charge is 0.0701 e. The van der Waals surface area contributed by atoms with Gasteiger partial charge in [0, 0.05) is 31.8 Å². The zero-order valence-electron chi connectivity index (χ0n) is 37.0. The molecule has 0 aliphatic heterocycles. The van der Waals surface area contributed by atoms with Crippen LogP contribution in [0.25, 0.3) is 22.3 Å². The van der Waals surface area contributed by atoms with Crippen LogP contribution in [0.2, 0.25) is 0 Å². The summed E-state index contributed by atoms with van der Waals surface area (Å²) in [6.45, 7) is 33.4. The van der Waals surface area contributed by atoms with E-state index >= 15 is 0 Å². The van der Waals surface area contributed by atoms with E-state index in [1.807, 2.05) is 27.7 Å². The Morgan fingerprint density at radius 3 is 1.16 bits per heavy atom. The van der Waals surface area contributed by atoms with Gasteiger partial charge in [-0.05, 0) is 87.1 Å². The molecule has 6 heteroatoms. The molecule has 0 fully saturated rings. The summed E-state index contributed by atoms with van der Waals surface area (Å²) in [5.74, 6) is 0. The zero-order chi connectivity index (χ0) is 40.7. The van der Waals surface area contributed by atoms with Crippen LogP contribution in [-0.2, 0) is 44.7 Å². The highest BCUT2D eigenvalue weighted by Crippen LogP contribution is 2.54. The lowest BCUT2D eigenvalue weighted by Crippen LogP contribution is -2.30. The van der Waals surface area contributed by atoms with Gasteiger partial charge in [-0.25, -0.2) is 0 Å². The predicted octanol–water partition coefficient (Wildman–Crippen LogP) is 12.0. The van der Waals surface area contributed by atoms with Crippen molar-refractivity contribution in [3.8, 4) is 22.3 Å². The van der Waals surface area contributed by atoms with Crippen LogP contribution in [0.4, 0.5) is 0 Å². The number of ether oxygens (including phenoxy) is 6. The zero-order valence-corrected chi connectivity index (χ0v) is 37.0. The first kappa shape index (κ1) is 48.6. The molecular formula is C49H78O6. The van der Waals surface area contributed by atoms with Crippen LogP contribution in [-0.4, -0.2) is 79.3 Å². The van der Waals surface area contributed by atoms with Gasteiger partial charge >= 0.3 is 0 Å². The first-order valence-corrected chi connectivity index (χ1v) is 21.4. The van der Waals surface area contributed by atoms with Gasteiger partial charge in [0.05, 0.1) is 52.9 Å². The van der Waals surface area contributed by atoms with Crippen LogP contribution in [0.15, 0.2) is 60.7 Å². The molecule has 3 aromatic rings. The Balaban J connectivity index is 0.00000253. The molecule has 0 bridgehead atoms. The van der Waals surface area contributed by atoms with E-state index in [-0.39, 0.29) is 16.2 Å². The van der Waals surface area contributed by atoms with Crippen LogP contribution in [0.5, 0.6) is 0 Å². The van der Waals surface area contributed by atoms with Gasteiger partial charge in [-0.2, -0.15) is 0 Å². The third-order valence-corrected chi connectivity index (χ3v) is 9.84. The summed E-state index contributed by atoms with van der Waals surface area (Å²) < 4.78 is 35.3. The summed E-state index contributed by atoms with van der Waals surface area (Å²) in [6, 6.07) is 23.3. The highest BCUT2D eigenvalue weighted by molar-refractivity contribution is 5.84. The molecular weight excluding hydrogens is 685 g/mol. The van der Waals surface area contributed by atoms with E-state index in [0.29, 0.717) is 66.1 Å². The molecule has 0 N–H and O–H groups in total. The van der Waals surface area contributed by atoms with E-state index < -0.39 is 0 Å². The Bertz CT molecular complexity index is 1430. The number of rotatable bonds is 23. The molecule has 1 aliphatic rings. The summed E-state index contributed by atoms with van der Waals surface area (Å²) in [7, 11) is 0. The first-order valence-electron chi connectivity index (χ1n) is 21.4. The van der Waals surface area contributed by atoms with Crippen molar-refractivity contribution in [2.45, 2.75) is 125 Å². The minimum atomic E-state index is -0.267. The Kier molecular flexibility index (Phi) is 22.6. The SMILES string of the molecule is CC.CC.CCCOCCOCCOCCC1(CCOCCOCCOCCC)c2cc(-c3ccc(C(C)(C)C)cc3)ccc2-c2ccc(C(C)(C)C)cc21. The normalized spacial score (nSPS) is 13.0. The van der Waals surface area contributed by atoms with Gasteiger partial charge in [0.2, 0.25) is 0 Å². The van der Waals surface area contributed by atoms with Gasteiger partial charge in [0.15, 0.2) is 0 Å². The molecule has 3 aromatic carbocycles. The van der Waals surface area contributed by atoms with Gasteiger partial charge < -0.3 is 28.4 Å². The average Bonchev–Trinajstić information content (AvgIpc) is 3.45. The van der Waals surface area contributed by atoms with E-state index in [4.69, 9.17) is 28.4 Å². The molecule has 6 nitrogen and oxygen atoms in total. The van der Waals surface area contributed by atoms with E-state index in [1.54, 1.807) is 0 Å². The molecule has 0 saturated carbocycles. The van der Waals surface area contributed by atoms with Gasteiger partial charge in [0.25, 0.3) is 0 Å². The predicted molar refractivity (Wildman–Crippen MR) is 233 cm³/mol. The molecule has 310 valence electrons. The second-order valence-corrected chi connectivity index (χ2v) is 15.9. The molecule has 0 unspecified atom stereocenters. The van der Waals surface area contributed by atoms with Crippen molar-refractivity contribution in [1.29, 1.82) is 0 Å². The Morgan fingerprint density at radius 2 is 0.745 bits per heavy atom. The monoisotopic (exact) mass is 763 g/mol. The van der Waals surface area contributed by atoms with Crippen LogP contribution in [0, 0.1) is 0 Å². The average molecular weight is 763 g/mol. The number of benzene rings is 3. The summed E-state index contributed by atoms with van der Waals surface area (Å²) in [5, 5.41) is 0. The standard InChI is InChI=1S/C45H66O6.2C2H6/c1-9-21-46-25-29-50-31-27-48-23-19-45(20-24-49-28-32-51-30-26-47-22-10-2)41-33-36(35-11-14-37(15-12-35)43(3,4)5)13-17-39(41)40-18-16-38(34-42(40)45)44(6,7)8;2*1-2/h11-18,33-34H,9-10,19-32H2,1-8H3;2*1-2H3. The Hall–Kier alpha value is -2.58. The topological polar surface area (TPSA) is 55.4 Å². The maximum atomic E-state index is 6.30. The summed E-state index contributed by atoms with van der Waals surface area (Å²) in [6.07, 6.45) is 3.74. The molecule has 0 spiro atoms. The first-order chi connectivity index (χ1) is 26.5. The number of hydrogen-bond acceptors (Lipinski definition) is 6. The molecule has 0 radical (unpaired) electrons. The minimum Gasteiger partial charge on any atom is -0.379 e. The van der Waals surface area contributed by atoms with Gasteiger partial charge in [0.1, 0.15) is 0 Å². The van der Waals surface area contributed by atoms with Gasteiger partial charge in [-0.3, -0.25) is 0 Å². The van der Waals surface area contributed by atoms with Crippen molar-refractivity contribution in [3.63, 3.8) is 0 Å². The van der Waals surface area contributed by atoms with Gasteiger partial charge in [-0.1, -0.05) is 138 Å². The van der Waals surface area contributed by atoms with Crippen LogP contribution in [0.3, 0.4) is 0 Å². The summed E-state index contributed by atoms with van der Waals surface area (Å²) in [4.78, 5) is 0. The molecule has 1 aliphatic carbocycles. The Morgan fingerprint density at radius 1 is 0.400 bits per heavy atom. The third-order valence-electron chi connectivity index (χ3n) is 9.84. The quantitative estimate of drug-likeness (QED) is 0.0897. The third kappa shape index (κ3) is 15.0. The fourth-order valence-electron chi connectivity index (χ4n) is 6.83. The molecule has 0 saturated heterocycles. The molecule has 0 atom stereocenters. The second kappa shape index (κ2) is 25.6. The lowest BCUT2D eigenvalue weighted by molar-refractivity contribution is 0.00663. The van der Waals surface area contributed by atoms with Crippen molar-refractivity contribution >= 4 is 0 Å². The minimum absolute atomic E-state index is 0.0267. The lowest BCUT2D eigenvalue weighted by Gasteiger charge is -2.34. The molecule has 0 amide bonds. The maximum absolute atomic E-state index is 6.30. The summed E-state index contributed by atoms with van der Waals surface area (Å²) in [5.41, 5.74) is 10.4. The van der Waals surface area contributed by atoms with E-state index in [1.165, 1.54) is 44.5 Å².